The van der Waals surface area contributed by atoms with Crippen LogP contribution in [0.15, 0.2) is 0 Å². The molecule has 0 amide bonds. The number of hydrogen-bond acceptors (Lipinski definition) is 3. The molecule has 0 saturated carbocycles. The highest BCUT2D eigenvalue weighted by molar-refractivity contribution is 4.67. The highest BCUT2D eigenvalue weighted by Crippen LogP contribution is 2.10. The monoisotopic (exact) mass is 215 g/mol. The highest BCUT2D eigenvalue weighted by Gasteiger charge is 2.13. The zero-order valence-electron chi connectivity index (χ0n) is 10.1. The minimum absolute atomic E-state index is 0.366. The van der Waals surface area contributed by atoms with E-state index in [4.69, 9.17) is 9.47 Å². The van der Waals surface area contributed by atoms with Gasteiger partial charge in [0.25, 0.3) is 0 Å². The van der Waals surface area contributed by atoms with Crippen molar-refractivity contribution < 1.29 is 9.47 Å². The Morgan fingerprint density at radius 1 is 1.40 bits per heavy atom. The summed E-state index contributed by atoms with van der Waals surface area (Å²) in [4.78, 5) is 0. The van der Waals surface area contributed by atoms with Crippen molar-refractivity contribution in [3.8, 4) is 0 Å². The molecule has 1 unspecified atom stereocenters. The molecule has 3 heteroatoms. The molecule has 0 aromatic heterocycles. The lowest BCUT2D eigenvalue weighted by molar-refractivity contribution is 0.0756. The summed E-state index contributed by atoms with van der Waals surface area (Å²) in [5.41, 5.74) is 0. The SMILES string of the molecule is CC(C)OCCCCNCC1CCCO1. The molecule has 3 nitrogen and oxygen atoms in total. The van der Waals surface area contributed by atoms with Gasteiger partial charge in [0, 0.05) is 19.8 Å². The molecule has 0 aromatic carbocycles. The molecule has 1 aliphatic heterocycles. The van der Waals surface area contributed by atoms with Gasteiger partial charge in [0.1, 0.15) is 0 Å². The number of ether oxygens (including phenoxy) is 2. The Kier molecular flexibility index (Phi) is 6.98. The molecule has 0 radical (unpaired) electrons. The van der Waals surface area contributed by atoms with Crippen molar-refractivity contribution in [2.24, 2.45) is 0 Å². The van der Waals surface area contributed by atoms with Gasteiger partial charge in [-0.05, 0) is 46.1 Å². The molecular weight excluding hydrogens is 190 g/mol. The summed E-state index contributed by atoms with van der Waals surface area (Å²) >= 11 is 0. The Bertz CT molecular complexity index is 145. The molecule has 1 rings (SSSR count). The predicted molar refractivity (Wildman–Crippen MR) is 62.2 cm³/mol. The van der Waals surface area contributed by atoms with E-state index in [1.54, 1.807) is 0 Å². The third kappa shape index (κ3) is 6.88. The summed E-state index contributed by atoms with van der Waals surface area (Å²) in [6.07, 6.45) is 5.63. The van der Waals surface area contributed by atoms with Crippen LogP contribution in [0.1, 0.15) is 39.5 Å². The second-order valence-electron chi connectivity index (χ2n) is 4.47. The van der Waals surface area contributed by atoms with Crippen LogP contribution in [0.25, 0.3) is 0 Å². The fourth-order valence-corrected chi connectivity index (χ4v) is 1.74. The van der Waals surface area contributed by atoms with Gasteiger partial charge in [-0.2, -0.15) is 0 Å². The van der Waals surface area contributed by atoms with E-state index < -0.39 is 0 Å². The molecular formula is C12H25NO2. The van der Waals surface area contributed by atoms with E-state index in [-0.39, 0.29) is 0 Å². The van der Waals surface area contributed by atoms with Crippen molar-refractivity contribution >= 4 is 0 Å². The quantitative estimate of drug-likeness (QED) is 0.628. The van der Waals surface area contributed by atoms with Crippen molar-refractivity contribution in [3.63, 3.8) is 0 Å². The second-order valence-corrected chi connectivity index (χ2v) is 4.47. The third-order valence-electron chi connectivity index (χ3n) is 2.60. The molecule has 1 atom stereocenters. The molecule has 90 valence electrons. The van der Waals surface area contributed by atoms with Gasteiger partial charge in [0.2, 0.25) is 0 Å². The van der Waals surface area contributed by atoms with E-state index in [9.17, 15) is 0 Å². The molecule has 1 fully saturated rings. The topological polar surface area (TPSA) is 30.5 Å². The van der Waals surface area contributed by atoms with Gasteiger partial charge in [-0.25, -0.2) is 0 Å². The van der Waals surface area contributed by atoms with Gasteiger partial charge < -0.3 is 14.8 Å². The Labute approximate surface area is 93.5 Å². The fraction of sp³-hybridized carbons (Fsp3) is 1.00. The summed E-state index contributed by atoms with van der Waals surface area (Å²) < 4.78 is 11.0. The number of rotatable bonds is 8. The second kappa shape index (κ2) is 8.08. The first-order valence-electron chi connectivity index (χ1n) is 6.23. The maximum Gasteiger partial charge on any atom is 0.0700 e. The maximum atomic E-state index is 5.52. The first-order valence-corrected chi connectivity index (χ1v) is 6.23. The van der Waals surface area contributed by atoms with E-state index in [0.29, 0.717) is 12.2 Å². The van der Waals surface area contributed by atoms with Crippen LogP contribution in [-0.2, 0) is 9.47 Å². The number of hydrogen-bond donors (Lipinski definition) is 1. The van der Waals surface area contributed by atoms with Crippen LogP contribution in [0.3, 0.4) is 0 Å². The van der Waals surface area contributed by atoms with Crippen molar-refractivity contribution in [1.29, 1.82) is 0 Å². The minimum Gasteiger partial charge on any atom is -0.379 e. The lowest BCUT2D eigenvalue weighted by atomic mass is 10.2. The van der Waals surface area contributed by atoms with Crippen LogP contribution < -0.4 is 5.32 Å². The first kappa shape index (κ1) is 12.9. The summed E-state index contributed by atoms with van der Waals surface area (Å²) in [7, 11) is 0. The van der Waals surface area contributed by atoms with Gasteiger partial charge >= 0.3 is 0 Å². The summed E-state index contributed by atoms with van der Waals surface area (Å²) in [5, 5.41) is 3.43. The fourth-order valence-electron chi connectivity index (χ4n) is 1.74. The van der Waals surface area contributed by atoms with Crippen LogP contribution in [0.2, 0.25) is 0 Å². The van der Waals surface area contributed by atoms with Crippen molar-refractivity contribution in [3.05, 3.63) is 0 Å². The normalized spacial score (nSPS) is 21.4. The first-order chi connectivity index (χ1) is 7.29. The standard InChI is InChI=1S/C12H25NO2/c1-11(2)14-8-4-3-7-13-10-12-6-5-9-15-12/h11-13H,3-10H2,1-2H3. The molecule has 15 heavy (non-hydrogen) atoms. The summed E-state index contributed by atoms with van der Waals surface area (Å²) in [5.74, 6) is 0. The summed E-state index contributed by atoms with van der Waals surface area (Å²) in [6.45, 7) is 8.10. The largest absolute Gasteiger partial charge is 0.379 e. The minimum atomic E-state index is 0.366. The van der Waals surface area contributed by atoms with Crippen molar-refractivity contribution in [2.75, 3.05) is 26.3 Å². The predicted octanol–water partition coefficient (Wildman–Crippen LogP) is 1.96. The lowest BCUT2D eigenvalue weighted by Crippen LogP contribution is -2.27. The van der Waals surface area contributed by atoms with E-state index in [0.717, 1.165) is 32.7 Å². The van der Waals surface area contributed by atoms with Crippen LogP contribution in [0, 0.1) is 0 Å². The zero-order chi connectivity index (χ0) is 10.9. The Hall–Kier alpha value is -0.120. The van der Waals surface area contributed by atoms with E-state index in [1.807, 2.05) is 0 Å². The van der Waals surface area contributed by atoms with Crippen molar-refractivity contribution in [2.45, 2.75) is 51.7 Å². The van der Waals surface area contributed by atoms with Gasteiger partial charge in [0.15, 0.2) is 0 Å². The van der Waals surface area contributed by atoms with Gasteiger partial charge in [-0.15, -0.1) is 0 Å². The van der Waals surface area contributed by atoms with Crippen LogP contribution >= 0.6 is 0 Å². The van der Waals surface area contributed by atoms with Crippen LogP contribution in [0.4, 0.5) is 0 Å². The Morgan fingerprint density at radius 2 is 2.27 bits per heavy atom. The maximum absolute atomic E-state index is 5.52. The molecule has 0 aromatic rings. The molecule has 1 saturated heterocycles. The molecule has 0 spiro atoms. The van der Waals surface area contributed by atoms with E-state index in [1.165, 1.54) is 19.3 Å². The molecule has 1 heterocycles. The summed E-state index contributed by atoms with van der Waals surface area (Å²) in [6, 6.07) is 0. The Balaban J connectivity index is 1.76. The Morgan fingerprint density at radius 3 is 2.93 bits per heavy atom. The molecule has 0 aliphatic carbocycles. The van der Waals surface area contributed by atoms with Gasteiger partial charge in [-0.3, -0.25) is 0 Å². The van der Waals surface area contributed by atoms with Gasteiger partial charge in [0.05, 0.1) is 12.2 Å². The lowest BCUT2D eigenvalue weighted by Gasteiger charge is -2.11. The third-order valence-corrected chi connectivity index (χ3v) is 2.60. The number of nitrogens with one attached hydrogen (secondary N) is 1. The van der Waals surface area contributed by atoms with E-state index >= 15 is 0 Å². The highest BCUT2D eigenvalue weighted by atomic mass is 16.5. The molecule has 1 aliphatic rings. The molecule has 0 bridgehead atoms. The number of unbranched alkanes of at least 4 members (excludes halogenated alkanes) is 1. The average Bonchev–Trinajstić information content (AvgIpc) is 2.68. The molecule has 1 N–H and O–H groups in total. The zero-order valence-corrected chi connectivity index (χ0v) is 10.1. The van der Waals surface area contributed by atoms with E-state index in [2.05, 4.69) is 19.2 Å². The van der Waals surface area contributed by atoms with Crippen LogP contribution in [0.5, 0.6) is 0 Å². The van der Waals surface area contributed by atoms with Crippen LogP contribution in [-0.4, -0.2) is 38.5 Å². The average molecular weight is 215 g/mol. The van der Waals surface area contributed by atoms with Crippen molar-refractivity contribution in [1.82, 2.24) is 5.32 Å². The van der Waals surface area contributed by atoms with Gasteiger partial charge in [-0.1, -0.05) is 0 Å². The smallest absolute Gasteiger partial charge is 0.0700 e.